The zero-order valence-corrected chi connectivity index (χ0v) is 10.4. The number of nitrogens with one attached hydrogen (secondary N) is 2. The van der Waals surface area contributed by atoms with Crippen LogP contribution in [0, 0.1) is 0 Å². The highest BCUT2D eigenvalue weighted by Crippen LogP contribution is 2.12. The fourth-order valence-electron chi connectivity index (χ4n) is 2.10. The van der Waals surface area contributed by atoms with Crippen LogP contribution in [0.15, 0.2) is 0 Å². The number of amides is 1. The average Bonchev–Trinajstić information content (AvgIpc) is 2.40. The molecule has 0 spiro atoms. The van der Waals surface area contributed by atoms with E-state index in [1.54, 1.807) is 0 Å². The van der Waals surface area contributed by atoms with Crippen LogP contribution < -0.4 is 10.6 Å². The summed E-state index contributed by atoms with van der Waals surface area (Å²) in [5.41, 5.74) is -0.707. The van der Waals surface area contributed by atoms with Crippen LogP contribution in [0.4, 0.5) is 0 Å². The lowest BCUT2D eigenvalue weighted by Crippen LogP contribution is -2.48. The van der Waals surface area contributed by atoms with E-state index < -0.39 is 5.60 Å². The van der Waals surface area contributed by atoms with Crippen LogP contribution in [0.5, 0.6) is 0 Å². The van der Waals surface area contributed by atoms with E-state index in [4.69, 9.17) is 0 Å². The molecule has 0 bridgehead atoms. The van der Waals surface area contributed by atoms with Crippen molar-refractivity contribution in [1.82, 2.24) is 10.6 Å². The Labute approximate surface area is 97.8 Å². The summed E-state index contributed by atoms with van der Waals surface area (Å²) in [4.78, 5) is 11.6. The molecule has 1 aliphatic rings. The van der Waals surface area contributed by atoms with Gasteiger partial charge in [0.05, 0.1) is 11.6 Å². The number of carbonyl (C=O) groups is 1. The Bertz CT molecular complexity index is 229. The summed E-state index contributed by atoms with van der Waals surface area (Å²) in [6, 6.07) is -0.133. The summed E-state index contributed by atoms with van der Waals surface area (Å²) in [6.45, 7) is 5.13. The van der Waals surface area contributed by atoms with Gasteiger partial charge in [0.15, 0.2) is 0 Å². The van der Waals surface area contributed by atoms with E-state index in [0.29, 0.717) is 6.54 Å². The third-order valence-corrected chi connectivity index (χ3v) is 3.05. The third kappa shape index (κ3) is 4.49. The molecule has 0 radical (unpaired) electrons. The zero-order chi connectivity index (χ0) is 12.0. The molecule has 0 aromatic rings. The van der Waals surface area contributed by atoms with Crippen LogP contribution in [0.25, 0.3) is 0 Å². The Morgan fingerprint density at radius 3 is 3.00 bits per heavy atom. The SMILES string of the molecule is CCCC(C)(O)CNC1CCCCNC1=O. The fraction of sp³-hybridized carbons (Fsp3) is 0.917. The minimum Gasteiger partial charge on any atom is -0.389 e. The van der Waals surface area contributed by atoms with E-state index in [9.17, 15) is 9.90 Å². The summed E-state index contributed by atoms with van der Waals surface area (Å²) in [6.07, 6.45) is 4.69. The molecular formula is C12H24N2O2. The Kier molecular flexibility index (Phi) is 5.22. The van der Waals surface area contributed by atoms with Crippen LogP contribution in [-0.4, -0.2) is 35.7 Å². The minimum absolute atomic E-state index is 0.0739. The maximum Gasteiger partial charge on any atom is 0.237 e. The van der Waals surface area contributed by atoms with Crippen LogP contribution >= 0.6 is 0 Å². The predicted molar refractivity (Wildman–Crippen MR) is 64.2 cm³/mol. The molecule has 4 nitrogen and oxygen atoms in total. The lowest BCUT2D eigenvalue weighted by molar-refractivity contribution is -0.123. The van der Waals surface area contributed by atoms with Gasteiger partial charge in [0.2, 0.25) is 5.91 Å². The summed E-state index contributed by atoms with van der Waals surface area (Å²) >= 11 is 0. The van der Waals surface area contributed by atoms with E-state index in [2.05, 4.69) is 10.6 Å². The number of aliphatic hydroxyl groups is 1. The van der Waals surface area contributed by atoms with E-state index in [0.717, 1.165) is 38.6 Å². The molecule has 94 valence electrons. The van der Waals surface area contributed by atoms with Crippen LogP contribution in [0.2, 0.25) is 0 Å². The van der Waals surface area contributed by atoms with Gasteiger partial charge in [-0.15, -0.1) is 0 Å². The highest BCUT2D eigenvalue weighted by atomic mass is 16.3. The molecule has 0 aromatic heterocycles. The van der Waals surface area contributed by atoms with Gasteiger partial charge in [-0.05, 0) is 32.6 Å². The van der Waals surface area contributed by atoms with Gasteiger partial charge >= 0.3 is 0 Å². The van der Waals surface area contributed by atoms with Crippen molar-refractivity contribution < 1.29 is 9.90 Å². The van der Waals surface area contributed by atoms with Crippen molar-refractivity contribution in [2.45, 2.75) is 57.6 Å². The lowest BCUT2D eigenvalue weighted by Gasteiger charge is -2.25. The molecule has 1 amide bonds. The minimum atomic E-state index is -0.707. The van der Waals surface area contributed by atoms with Crippen molar-refractivity contribution in [1.29, 1.82) is 0 Å². The maximum absolute atomic E-state index is 11.6. The first-order valence-electron chi connectivity index (χ1n) is 6.28. The Morgan fingerprint density at radius 2 is 2.31 bits per heavy atom. The molecule has 16 heavy (non-hydrogen) atoms. The molecule has 1 heterocycles. The molecule has 1 saturated heterocycles. The van der Waals surface area contributed by atoms with Gasteiger partial charge in [-0.1, -0.05) is 13.3 Å². The second-order valence-corrected chi connectivity index (χ2v) is 4.97. The van der Waals surface area contributed by atoms with Crippen molar-refractivity contribution in [3.8, 4) is 0 Å². The van der Waals surface area contributed by atoms with Gasteiger partial charge < -0.3 is 15.7 Å². The second-order valence-electron chi connectivity index (χ2n) is 4.97. The largest absolute Gasteiger partial charge is 0.389 e. The van der Waals surface area contributed by atoms with Gasteiger partial charge in [-0.3, -0.25) is 4.79 Å². The molecule has 1 aliphatic heterocycles. The third-order valence-electron chi connectivity index (χ3n) is 3.05. The van der Waals surface area contributed by atoms with Gasteiger partial charge in [-0.25, -0.2) is 0 Å². The van der Waals surface area contributed by atoms with Crippen molar-refractivity contribution in [3.63, 3.8) is 0 Å². The van der Waals surface area contributed by atoms with E-state index >= 15 is 0 Å². The molecule has 2 atom stereocenters. The normalized spacial score (nSPS) is 25.7. The van der Waals surface area contributed by atoms with Gasteiger partial charge in [0, 0.05) is 13.1 Å². The van der Waals surface area contributed by atoms with Crippen molar-refractivity contribution in [3.05, 3.63) is 0 Å². The summed E-state index contributed by atoms with van der Waals surface area (Å²) in [5.74, 6) is 0.0739. The Hall–Kier alpha value is -0.610. The summed E-state index contributed by atoms with van der Waals surface area (Å²) in [5, 5.41) is 16.1. The average molecular weight is 228 g/mol. The van der Waals surface area contributed by atoms with Crippen LogP contribution in [-0.2, 0) is 4.79 Å². The molecule has 1 fully saturated rings. The van der Waals surface area contributed by atoms with E-state index in [1.807, 2.05) is 13.8 Å². The van der Waals surface area contributed by atoms with Gasteiger partial charge in [0.25, 0.3) is 0 Å². The fourth-order valence-corrected chi connectivity index (χ4v) is 2.10. The molecule has 0 aliphatic carbocycles. The Morgan fingerprint density at radius 1 is 1.56 bits per heavy atom. The monoisotopic (exact) mass is 228 g/mol. The smallest absolute Gasteiger partial charge is 0.237 e. The first kappa shape index (κ1) is 13.5. The number of rotatable bonds is 5. The van der Waals surface area contributed by atoms with Gasteiger partial charge in [-0.2, -0.15) is 0 Å². The number of carbonyl (C=O) groups excluding carboxylic acids is 1. The Balaban J connectivity index is 2.37. The van der Waals surface area contributed by atoms with Gasteiger partial charge in [0.1, 0.15) is 0 Å². The topological polar surface area (TPSA) is 61.4 Å². The molecule has 2 unspecified atom stereocenters. The number of hydrogen-bond acceptors (Lipinski definition) is 3. The highest BCUT2D eigenvalue weighted by molar-refractivity contribution is 5.81. The standard InChI is InChI=1S/C12H24N2O2/c1-3-7-12(2,16)9-14-10-6-4-5-8-13-11(10)15/h10,14,16H,3-9H2,1-2H3,(H,13,15). The van der Waals surface area contributed by atoms with Crippen molar-refractivity contribution >= 4 is 5.91 Å². The zero-order valence-electron chi connectivity index (χ0n) is 10.4. The molecule has 3 N–H and O–H groups in total. The summed E-state index contributed by atoms with van der Waals surface area (Å²) in [7, 11) is 0. The lowest BCUT2D eigenvalue weighted by atomic mass is 10.00. The van der Waals surface area contributed by atoms with E-state index in [-0.39, 0.29) is 11.9 Å². The molecule has 4 heteroatoms. The highest BCUT2D eigenvalue weighted by Gasteiger charge is 2.24. The maximum atomic E-state index is 11.6. The molecule has 1 rings (SSSR count). The number of hydrogen-bond donors (Lipinski definition) is 3. The first-order valence-corrected chi connectivity index (χ1v) is 6.28. The predicted octanol–water partition coefficient (Wildman–Crippen LogP) is 0.796. The summed E-state index contributed by atoms with van der Waals surface area (Å²) < 4.78 is 0. The molecule has 0 aromatic carbocycles. The molecular weight excluding hydrogens is 204 g/mol. The van der Waals surface area contributed by atoms with Crippen LogP contribution in [0.3, 0.4) is 0 Å². The first-order chi connectivity index (χ1) is 7.55. The quantitative estimate of drug-likeness (QED) is 0.652. The van der Waals surface area contributed by atoms with E-state index in [1.165, 1.54) is 0 Å². The van der Waals surface area contributed by atoms with Crippen molar-refractivity contribution in [2.75, 3.05) is 13.1 Å². The molecule has 0 saturated carbocycles. The van der Waals surface area contributed by atoms with Crippen LogP contribution in [0.1, 0.15) is 46.0 Å². The second kappa shape index (κ2) is 6.21. The van der Waals surface area contributed by atoms with Crippen molar-refractivity contribution in [2.24, 2.45) is 0 Å².